The molecule has 0 spiro atoms. The normalized spacial score (nSPS) is 17.1. The van der Waals surface area contributed by atoms with Gasteiger partial charge in [-0.3, -0.25) is 19.4 Å². The van der Waals surface area contributed by atoms with Gasteiger partial charge >= 0.3 is 6.03 Å². The smallest absolute Gasteiger partial charge is 0.314 e. The Labute approximate surface area is 166 Å². The molecule has 0 atom stereocenters. The van der Waals surface area contributed by atoms with E-state index in [1.807, 2.05) is 0 Å². The Hall–Kier alpha value is -1.97. The average Bonchev–Trinajstić information content (AvgIpc) is 2.90. The first kappa shape index (κ1) is 19.8. The van der Waals surface area contributed by atoms with Gasteiger partial charge in [0.15, 0.2) is 0 Å². The number of benzene rings is 1. The van der Waals surface area contributed by atoms with Crippen LogP contribution in [0.2, 0.25) is 0 Å². The number of piperazine rings is 1. The lowest BCUT2D eigenvalue weighted by Crippen LogP contribution is -2.47. The lowest BCUT2D eigenvalue weighted by molar-refractivity contribution is 0.0653. The largest absolute Gasteiger partial charge is 0.338 e. The highest BCUT2D eigenvalue weighted by molar-refractivity contribution is 9.10. The molecular formula is C18H24BrN5O3. The summed E-state index contributed by atoms with van der Waals surface area (Å²) in [4.78, 5) is 40.0. The molecule has 1 fully saturated rings. The number of carbonyl (C=O) groups is 3. The number of nitrogens with zero attached hydrogens (tertiary/aromatic N) is 2. The van der Waals surface area contributed by atoms with E-state index in [-0.39, 0.29) is 24.4 Å². The van der Waals surface area contributed by atoms with Gasteiger partial charge in [0.1, 0.15) is 0 Å². The van der Waals surface area contributed by atoms with Crippen LogP contribution in [0.4, 0.5) is 4.79 Å². The van der Waals surface area contributed by atoms with Gasteiger partial charge in [-0.2, -0.15) is 0 Å². The number of nitrogens with one attached hydrogen (secondary N) is 3. The molecule has 0 aliphatic carbocycles. The molecule has 2 aliphatic heterocycles. The predicted molar refractivity (Wildman–Crippen MR) is 105 cm³/mol. The van der Waals surface area contributed by atoms with E-state index in [1.54, 1.807) is 18.2 Å². The van der Waals surface area contributed by atoms with Gasteiger partial charge < -0.3 is 16.0 Å². The number of amides is 4. The van der Waals surface area contributed by atoms with Crippen molar-refractivity contribution < 1.29 is 14.4 Å². The molecule has 27 heavy (non-hydrogen) atoms. The minimum atomic E-state index is -0.281. The van der Waals surface area contributed by atoms with Crippen molar-refractivity contribution in [2.75, 3.05) is 52.4 Å². The summed E-state index contributed by atoms with van der Waals surface area (Å²) in [6.45, 7) is 6.09. The molecule has 3 rings (SSSR count). The fourth-order valence-corrected chi connectivity index (χ4v) is 3.59. The molecule has 0 aromatic heterocycles. The topological polar surface area (TPSA) is 93.8 Å². The quantitative estimate of drug-likeness (QED) is 0.429. The highest BCUT2D eigenvalue weighted by atomic mass is 79.9. The summed E-state index contributed by atoms with van der Waals surface area (Å²) in [5.41, 5.74) is 0.856. The van der Waals surface area contributed by atoms with E-state index in [4.69, 9.17) is 0 Å². The molecule has 2 heterocycles. The number of imide groups is 1. The third-order valence-electron chi connectivity index (χ3n) is 4.70. The summed E-state index contributed by atoms with van der Waals surface area (Å²) in [5, 5.41) is 8.89. The standard InChI is InChI=1S/C18H24BrN5O3/c19-13-2-3-14-15(12-13)17(26)24(16(14)25)8-1-4-21-18(27)22-7-11-23-9-5-20-6-10-23/h2-3,12,20H,1,4-11H2,(H2,21,22,27). The van der Waals surface area contributed by atoms with Gasteiger partial charge in [0.25, 0.3) is 11.8 Å². The van der Waals surface area contributed by atoms with Crippen LogP contribution in [0.15, 0.2) is 22.7 Å². The number of halogens is 1. The number of rotatable bonds is 7. The number of urea groups is 1. The summed E-state index contributed by atoms with van der Waals surface area (Å²) >= 11 is 3.32. The van der Waals surface area contributed by atoms with Gasteiger partial charge in [0.05, 0.1) is 11.1 Å². The maximum absolute atomic E-state index is 12.4. The van der Waals surface area contributed by atoms with E-state index in [0.717, 1.165) is 37.2 Å². The van der Waals surface area contributed by atoms with Crippen molar-refractivity contribution in [3.05, 3.63) is 33.8 Å². The second-order valence-corrected chi connectivity index (χ2v) is 7.50. The summed E-state index contributed by atoms with van der Waals surface area (Å²) < 4.78 is 0.767. The van der Waals surface area contributed by atoms with Crippen LogP contribution in [0.25, 0.3) is 0 Å². The van der Waals surface area contributed by atoms with Gasteiger partial charge in [0.2, 0.25) is 0 Å². The minimum absolute atomic E-state index is 0.226. The van der Waals surface area contributed by atoms with Crippen molar-refractivity contribution in [2.45, 2.75) is 6.42 Å². The third-order valence-corrected chi connectivity index (χ3v) is 5.19. The molecular weight excluding hydrogens is 414 g/mol. The maximum atomic E-state index is 12.4. The van der Waals surface area contributed by atoms with Crippen molar-refractivity contribution in [1.82, 2.24) is 25.8 Å². The SMILES string of the molecule is O=C(NCCCN1C(=O)c2ccc(Br)cc2C1=O)NCCN1CCNCC1. The van der Waals surface area contributed by atoms with Crippen LogP contribution in [-0.2, 0) is 0 Å². The fraction of sp³-hybridized carbons (Fsp3) is 0.500. The molecule has 8 nitrogen and oxygen atoms in total. The zero-order chi connectivity index (χ0) is 19.2. The Morgan fingerprint density at radius 2 is 1.74 bits per heavy atom. The molecule has 3 N–H and O–H groups in total. The zero-order valence-electron chi connectivity index (χ0n) is 15.1. The van der Waals surface area contributed by atoms with E-state index in [0.29, 0.717) is 30.6 Å². The number of hydrogen-bond acceptors (Lipinski definition) is 5. The van der Waals surface area contributed by atoms with Gasteiger partial charge in [0, 0.05) is 56.8 Å². The van der Waals surface area contributed by atoms with Crippen molar-refractivity contribution in [3.63, 3.8) is 0 Å². The molecule has 1 saturated heterocycles. The van der Waals surface area contributed by atoms with Crippen LogP contribution in [0, 0.1) is 0 Å². The van der Waals surface area contributed by atoms with Crippen molar-refractivity contribution >= 4 is 33.8 Å². The fourth-order valence-electron chi connectivity index (χ4n) is 3.23. The molecule has 4 amide bonds. The Balaban J connectivity index is 1.33. The van der Waals surface area contributed by atoms with E-state index < -0.39 is 0 Å². The summed E-state index contributed by atoms with van der Waals surface area (Å²) in [5.74, 6) is -0.556. The summed E-state index contributed by atoms with van der Waals surface area (Å²) in [6.07, 6.45) is 0.512. The Kier molecular flexibility index (Phi) is 6.81. The Morgan fingerprint density at radius 3 is 2.52 bits per heavy atom. The molecule has 0 bridgehead atoms. The van der Waals surface area contributed by atoms with E-state index in [2.05, 4.69) is 36.8 Å². The second kappa shape index (κ2) is 9.29. The van der Waals surface area contributed by atoms with Crippen LogP contribution >= 0.6 is 15.9 Å². The van der Waals surface area contributed by atoms with Crippen molar-refractivity contribution in [3.8, 4) is 0 Å². The summed E-state index contributed by atoms with van der Waals surface area (Å²) in [6, 6.07) is 4.85. The number of fused-ring (bicyclic) bond motifs is 1. The van der Waals surface area contributed by atoms with Crippen LogP contribution in [-0.4, -0.2) is 80.0 Å². The number of carbonyl (C=O) groups excluding carboxylic acids is 3. The summed E-state index contributed by atoms with van der Waals surface area (Å²) in [7, 11) is 0. The van der Waals surface area contributed by atoms with Gasteiger partial charge in [-0.05, 0) is 24.6 Å². The first-order valence-corrected chi connectivity index (χ1v) is 9.96. The van der Waals surface area contributed by atoms with E-state index in [9.17, 15) is 14.4 Å². The van der Waals surface area contributed by atoms with Crippen LogP contribution in [0.3, 0.4) is 0 Å². The van der Waals surface area contributed by atoms with Crippen molar-refractivity contribution in [2.24, 2.45) is 0 Å². The molecule has 1 aromatic rings. The number of hydrogen-bond donors (Lipinski definition) is 3. The first-order chi connectivity index (χ1) is 13.1. The molecule has 1 aromatic carbocycles. The molecule has 2 aliphatic rings. The van der Waals surface area contributed by atoms with Crippen LogP contribution < -0.4 is 16.0 Å². The van der Waals surface area contributed by atoms with Crippen molar-refractivity contribution in [1.29, 1.82) is 0 Å². The highest BCUT2D eigenvalue weighted by Crippen LogP contribution is 2.25. The molecule has 146 valence electrons. The monoisotopic (exact) mass is 437 g/mol. The van der Waals surface area contributed by atoms with Gasteiger partial charge in [-0.1, -0.05) is 15.9 Å². The molecule has 0 unspecified atom stereocenters. The lowest BCUT2D eigenvalue weighted by Gasteiger charge is -2.27. The van der Waals surface area contributed by atoms with E-state index >= 15 is 0 Å². The predicted octanol–water partition coefficient (Wildman–Crippen LogP) is 0.640. The average molecular weight is 438 g/mol. The molecule has 9 heteroatoms. The zero-order valence-corrected chi connectivity index (χ0v) is 16.7. The highest BCUT2D eigenvalue weighted by Gasteiger charge is 2.34. The lowest BCUT2D eigenvalue weighted by atomic mass is 10.1. The Bertz CT molecular complexity index is 721. The molecule has 0 radical (unpaired) electrons. The van der Waals surface area contributed by atoms with Crippen LogP contribution in [0.1, 0.15) is 27.1 Å². The Morgan fingerprint density at radius 1 is 1.04 bits per heavy atom. The minimum Gasteiger partial charge on any atom is -0.338 e. The van der Waals surface area contributed by atoms with Gasteiger partial charge in [-0.25, -0.2) is 4.79 Å². The molecule has 0 saturated carbocycles. The van der Waals surface area contributed by atoms with E-state index in [1.165, 1.54) is 4.90 Å². The first-order valence-electron chi connectivity index (χ1n) is 9.17. The maximum Gasteiger partial charge on any atom is 0.314 e. The second-order valence-electron chi connectivity index (χ2n) is 6.58. The van der Waals surface area contributed by atoms with Crippen LogP contribution in [0.5, 0.6) is 0 Å². The third kappa shape index (κ3) is 5.06. The van der Waals surface area contributed by atoms with Gasteiger partial charge in [-0.15, -0.1) is 0 Å².